The van der Waals surface area contributed by atoms with Crippen LogP contribution >= 0.6 is 0 Å². The van der Waals surface area contributed by atoms with Crippen LogP contribution in [-0.4, -0.2) is 24.1 Å². The predicted octanol–water partition coefficient (Wildman–Crippen LogP) is 4.66. The molecule has 0 aliphatic heterocycles. The topological polar surface area (TPSA) is 78.7 Å². The number of carbonyl (C=O) groups is 1. The molecule has 0 spiro atoms. The summed E-state index contributed by atoms with van der Waals surface area (Å²) in [7, 11) is 0. The molecule has 1 aromatic rings. The van der Waals surface area contributed by atoms with E-state index in [1.807, 2.05) is 0 Å². The highest BCUT2D eigenvalue weighted by atomic mass is 16.6. The standard InChI is InChI=1S/C18H27NO5/c1-2-18(20)24-15-9-7-5-3-4-6-8-14-23-17-12-10-16(11-13-17)19(21)22/h10-13H,2-9,14-15H2,1H3. The second-order valence-electron chi connectivity index (χ2n) is 5.65. The molecule has 0 radical (unpaired) electrons. The van der Waals surface area contributed by atoms with Gasteiger partial charge in [-0.3, -0.25) is 14.9 Å². The largest absolute Gasteiger partial charge is 0.494 e. The SMILES string of the molecule is CCC(=O)OCCCCCCCCCOc1ccc([N+](=O)[O-])cc1. The minimum Gasteiger partial charge on any atom is -0.494 e. The highest BCUT2D eigenvalue weighted by Crippen LogP contribution is 2.17. The van der Waals surface area contributed by atoms with Crippen molar-refractivity contribution in [2.75, 3.05) is 13.2 Å². The molecule has 0 aromatic heterocycles. The molecule has 1 aromatic carbocycles. The van der Waals surface area contributed by atoms with Gasteiger partial charge in [0.05, 0.1) is 18.1 Å². The number of hydrogen-bond acceptors (Lipinski definition) is 5. The Morgan fingerprint density at radius 1 is 0.958 bits per heavy atom. The van der Waals surface area contributed by atoms with Crippen LogP contribution in [0.4, 0.5) is 5.69 Å². The van der Waals surface area contributed by atoms with E-state index >= 15 is 0 Å². The highest BCUT2D eigenvalue weighted by molar-refractivity contribution is 5.68. The number of non-ortho nitro benzene ring substituents is 1. The van der Waals surface area contributed by atoms with E-state index in [4.69, 9.17) is 9.47 Å². The molecule has 6 nitrogen and oxygen atoms in total. The van der Waals surface area contributed by atoms with Crippen molar-refractivity contribution in [3.8, 4) is 5.75 Å². The van der Waals surface area contributed by atoms with E-state index in [-0.39, 0.29) is 11.7 Å². The summed E-state index contributed by atoms with van der Waals surface area (Å²) < 4.78 is 10.6. The Kier molecular flexibility index (Phi) is 10.2. The smallest absolute Gasteiger partial charge is 0.305 e. The van der Waals surface area contributed by atoms with Crippen molar-refractivity contribution in [3.05, 3.63) is 34.4 Å². The van der Waals surface area contributed by atoms with Gasteiger partial charge in [-0.2, -0.15) is 0 Å². The van der Waals surface area contributed by atoms with Crippen LogP contribution in [0, 0.1) is 10.1 Å². The Bertz CT molecular complexity index is 487. The molecule has 0 bridgehead atoms. The van der Waals surface area contributed by atoms with Gasteiger partial charge in [0.15, 0.2) is 0 Å². The third kappa shape index (κ3) is 9.12. The molecule has 0 saturated heterocycles. The van der Waals surface area contributed by atoms with Gasteiger partial charge in [0, 0.05) is 18.6 Å². The Hall–Kier alpha value is -2.11. The fraction of sp³-hybridized carbons (Fsp3) is 0.611. The first-order chi connectivity index (χ1) is 11.6. The van der Waals surface area contributed by atoms with Gasteiger partial charge < -0.3 is 9.47 Å². The van der Waals surface area contributed by atoms with Gasteiger partial charge in [-0.1, -0.05) is 39.0 Å². The van der Waals surface area contributed by atoms with Gasteiger partial charge >= 0.3 is 5.97 Å². The summed E-state index contributed by atoms with van der Waals surface area (Å²) in [6.07, 6.45) is 8.07. The van der Waals surface area contributed by atoms with Crippen molar-refractivity contribution < 1.29 is 19.2 Å². The van der Waals surface area contributed by atoms with Crippen molar-refractivity contribution in [3.63, 3.8) is 0 Å². The molecular weight excluding hydrogens is 310 g/mol. The lowest BCUT2D eigenvalue weighted by atomic mass is 10.1. The van der Waals surface area contributed by atoms with Gasteiger partial charge in [-0.05, 0) is 25.0 Å². The monoisotopic (exact) mass is 337 g/mol. The van der Waals surface area contributed by atoms with Gasteiger partial charge in [-0.15, -0.1) is 0 Å². The number of ether oxygens (including phenoxy) is 2. The summed E-state index contributed by atoms with van der Waals surface area (Å²) in [5, 5.41) is 10.5. The molecular formula is C18H27NO5. The lowest BCUT2D eigenvalue weighted by molar-refractivity contribution is -0.384. The first-order valence-electron chi connectivity index (χ1n) is 8.66. The summed E-state index contributed by atoms with van der Waals surface area (Å²) >= 11 is 0. The van der Waals surface area contributed by atoms with E-state index < -0.39 is 4.92 Å². The normalized spacial score (nSPS) is 10.4. The Balaban J connectivity index is 1.92. The van der Waals surface area contributed by atoms with Gasteiger partial charge in [0.25, 0.3) is 5.69 Å². The zero-order chi connectivity index (χ0) is 17.6. The average molecular weight is 337 g/mol. The number of nitrogens with zero attached hydrogens (tertiary/aromatic N) is 1. The molecule has 0 aliphatic rings. The lowest BCUT2D eigenvalue weighted by Gasteiger charge is -2.06. The first-order valence-corrected chi connectivity index (χ1v) is 8.66. The predicted molar refractivity (Wildman–Crippen MR) is 92.2 cm³/mol. The van der Waals surface area contributed by atoms with Crippen molar-refractivity contribution >= 4 is 11.7 Å². The second kappa shape index (κ2) is 12.3. The summed E-state index contributed by atoms with van der Waals surface area (Å²) in [6, 6.07) is 6.16. The van der Waals surface area contributed by atoms with Crippen LogP contribution in [0.5, 0.6) is 5.75 Å². The van der Waals surface area contributed by atoms with Crippen molar-refractivity contribution in [2.45, 2.75) is 58.3 Å². The molecule has 0 atom stereocenters. The molecule has 24 heavy (non-hydrogen) atoms. The van der Waals surface area contributed by atoms with Gasteiger partial charge in [-0.25, -0.2) is 0 Å². The number of carbonyl (C=O) groups excluding carboxylic acids is 1. The number of unbranched alkanes of at least 4 members (excludes halogenated alkanes) is 6. The van der Waals surface area contributed by atoms with E-state index in [0.717, 1.165) is 32.1 Å². The first kappa shape index (κ1) is 19.9. The van der Waals surface area contributed by atoms with Gasteiger partial charge in [0.1, 0.15) is 5.75 Å². The van der Waals surface area contributed by atoms with E-state index in [1.165, 1.54) is 25.0 Å². The maximum Gasteiger partial charge on any atom is 0.305 e. The maximum absolute atomic E-state index is 10.9. The van der Waals surface area contributed by atoms with Crippen LogP contribution < -0.4 is 4.74 Å². The van der Waals surface area contributed by atoms with E-state index in [0.29, 0.717) is 25.4 Å². The minimum atomic E-state index is -0.419. The Morgan fingerprint density at radius 3 is 2.04 bits per heavy atom. The molecule has 0 unspecified atom stereocenters. The van der Waals surface area contributed by atoms with Crippen LogP contribution in [-0.2, 0) is 9.53 Å². The molecule has 0 fully saturated rings. The summed E-state index contributed by atoms with van der Waals surface area (Å²) in [5.41, 5.74) is 0.0758. The number of nitro groups is 1. The lowest BCUT2D eigenvalue weighted by Crippen LogP contribution is -2.03. The minimum absolute atomic E-state index is 0.0758. The third-order valence-corrected chi connectivity index (χ3v) is 3.66. The van der Waals surface area contributed by atoms with Crippen molar-refractivity contribution in [1.29, 1.82) is 0 Å². The fourth-order valence-electron chi connectivity index (χ4n) is 2.23. The molecule has 134 valence electrons. The van der Waals surface area contributed by atoms with Crippen LogP contribution in [0.3, 0.4) is 0 Å². The van der Waals surface area contributed by atoms with Crippen LogP contribution in [0.2, 0.25) is 0 Å². The van der Waals surface area contributed by atoms with E-state index in [1.54, 1.807) is 19.1 Å². The van der Waals surface area contributed by atoms with Crippen LogP contribution in [0.1, 0.15) is 58.3 Å². The molecule has 0 saturated carbocycles. The number of rotatable bonds is 13. The highest BCUT2D eigenvalue weighted by Gasteiger charge is 2.04. The summed E-state index contributed by atoms with van der Waals surface area (Å²) in [4.78, 5) is 21.1. The molecule has 0 amide bonds. The number of nitro benzene ring substituents is 1. The molecule has 0 aliphatic carbocycles. The maximum atomic E-state index is 10.9. The molecule has 0 heterocycles. The van der Waals surface area contributed by atoms with E-state index in [2.05, 4.69) is 0 Å². The molecule has 6 heteroatoms. The number of esters is 1. The fourth-order valence-corrected chi connectivity index (χ4v) is 2.23. The summed E-state index contributed by atoms with van der Waals surface area (Å²) in [5.74, 6) is 0.547. The quantitative estimate of drug-likeness (QED) is 0.226. The van der Waals surface area contributed by atoms with Crippen LogP contribution in [0.15, 0.2) is 24.3 Å². The Morgan fingerprint density at radius 2 is 1.50 bits per heavy atom. The average Bonchev–Trinajstić information content (AvgIpc) is 2.59. The zero-order valence-corrected chi connectivity index (χ0v) is 14.4. The molecule has 1 rings (SSSR count). The van der Waals surface area contributed by atoms with Crippen LogP contribution in [0.25, 0.3) is 0 Å². The third-order valence-electron chi connectivity index (χ3n) is 3.66. The zero-order valence-electron chi connectivity index (χ0n) is 14.4. The second-order valence-corrected chi connectivity index (χ2v) is 5.65. The van der Waals surface area contributed by atoms with Crippen molar-refractivity contribution in [2.24, 2.45) is 0 Å². The Labute approximate surface area is 143 Å². The van der Waals surface area contributed by atoms with E-state index in [9.17, 15) is 14.9 Å². The number of benzene rings is 1. The van der Waals surface area contributed by atoms with Gasteiger partial charge in [0.2, 0.25) is 0 Å². The number of hydrogen-bond donors (Lipinski definition) is 0. The van der Waals surface area contributed by atoms with Crippen molar-refractivity contribution in [1.82, 2.24) is 0 Å². The molecule has 0 N–H and O–H groups in total. The summed E-state index contributed by atoms with van der Waals surface area (Å²) in [6.45, 7) is 2.97.